The van der Waals surface area contributed by atoms with Crippen molar-refractivity contribution in [3.05, 3.63) is 35.3 Å². The van der Waals surface area contributed by atoms with Gasteiger partial charge in [0.05, 0.1) is 7.11 Å². The van der Waals surface area contributed by atoms with Crippen molar-refractivity contribution >= 4 is 23.2 Å². The van der Waals surface area contributed by atoms with E-state index in [1.807, 2.05) is 24.3 Å². The van der Waals surface area contributed by atoms with Gasteiger partial charge in [-0.2, -0.15) is 0 Å². The number of hydrogen-bond donors (Lipinski definition) is 1. The van der Waals surface area contributed by atoms with Crippen LogP contribution in [0.3, 0.4) is 0 Å². The van der Waals surface area contributed by atoms with Crippen LogP contribution in [0, 0.1) is 0 Å². The number of aliphatic carboxylic acids is 1. The van der Waals surface area contributed by atoms with Gasteiger partial charge in [-0.05, 0) is 43.5 Å². The highest BCUT2D eigenvalue weighted by Gasteiger charge is 2.33. The normalized spacial score (nSPS) is 17.5. The van der Waals surface area contributed by atoms with E-state index < -0.39 is 12.0 Å². The Labute approximate surface area is 143 Å². The molecule has 3 rings (SSSR count). The number of thiazole rings is 1. The zero-order valence-corrected chi connectivity index (χ0v) is 14.1. The summed E-state index contributed by atoms with van der Waals surface area (Å²) in [5.74, 6) is -0.504. The quantitative estimate of drug-likeness (QED) is 0.921. The first-order valence-electron chi connectivity index (χ1n) is 7.74. The van der Waals surface area contributed by atoms with Crippen molar-refractivity contribution in [1.82, 2.24) is 9.88 Å². The van der Waals surface area contributed by atoms with Gasteiger partial charge in [0.2, 0.25) is 0 Å². The van der Waals surface area contributed by atoms with E-state index in [0.29, 0.717) is 18.7 Å². The monoisotopic (exact) mass is 346 g/mol. The maximum Gasteiger partial charge on any atom is 0.326 e. The Morgan fingerprint density at radius 1 is 1.29 bits per heavy atom. The molecule has 1 unspecified atom stereocenters. The lowest BCUT2D eigenvalue weighted by molar-refractivity contribution is -0.143. The second kappa shape index (κ2) is 7.00. The van der Waals surface area contributed by atoms with Crippen molar-refractivity contribution in [2.24, 2.45) is 0 Å². The molecule has 1 aliphatic rings. The van der Waals surface area contributed by atoms with Crippen molar-refractivity contribution in [3.8, 4) is 16.3 Å². The molecular weight excluding hydrogens is 328 g/mol. The molecule has 1 saturated heterocycles. The number of carbonyl (C=O) groups excluding carboxylic acids is 1. The standard InChI is InChI=1S/C17H18N2O4S/c1-23-12-7-5-11(6-8-12)15-18-13(10-24-15)16(20)19-9-3-2-4-14(19)17(21)22/h5-8,10,14H,2-4,9H2,1H3,(H,21,22). The molecule has 2 aromatic rings. The number of benzene rings is 1. The minimum atomic E-state index is -0.950. The van der Waals surface area contributed by atoms with Gasteiger partial charge < -0.3 is 14.7 Å². The summed E-state index contributed by atoms with van der Waals surface area (Å²) in [6, 6.07) is 6.68. The van der Waals surface area contributed by atoms with Gasteiger partial charge in [-0.25, -0.2) is 9.78 Å². The first kappa shape index (κ1) is 16.4. The van der Waals surface area contributed by atoms with Crippen LogP contribution in [-0.2, 0) is 4.79 Å². The summed E-state index contributed by atoms with van der Waals surface area (Å²) in [4.78, 5) is 29.8. The lowest BCUT2D eigenvalue weighted by Gasteiger charge is -2.32. The number of carboxylic acid groups (broad SMARTS) is 1. The van der Waals surface area contributed by atoms with E-state index in [0.717, 1.165) is 29.2 Å². The third-order valence-electron chi connectivity index (χ3n) is 4.11. The van der Waals surface area contributed by atoms with Gasteiger partial charge in [0.15, 0.2) is 0 Å². The van der Waals surface area contributed by atoms with Crippen molar-refractivity contribution in [2.75, 3.05) is 13.7 Å². The number of hydrogen-bond acceptors (Lipinski definition) is 5. The number of carboxylic acids is 1. The molecule has 0 spiro atoms. The minimum Gasteiger partial charge on any atom is -0.497 e. The van der Waals surface area contributed by atoms with E-state index in [-0.39, 0.29) is 5.91 Å². The van der Waals surface area contributed by atoms with E-state index in [9.17, 15) is 14.7 Å². The van der Waals surface area contributed by atoms with E-state index in [4.69, 9.17) is 4.74 Å². The summed E-state index contributed by atoms with van der Waals surface area (Å²) in [7, 11) is 1.60. The largest absolute Gasteiger partial charge is 0.497 e. The van der Waals surface area contributed by atoms with E-state index in [2.05, 4.69) is 4.98 Å². The number of likely N-dealkylation sites (tertiary alicyclic amines) is 1. The van der Waals surface area contributed by atoms with Crippen molar-refractivity contribution < 1.29 is 19.4 Å². The molecule has 1 aliphatic heterocycles. The van der Waals surface area contributed by atoms with Gasteiger partial charge in [0.25, 0.3) is 5.91 Å². The Hall–Kier alpha value is -2.41. The Morgan fingerprint density at radius 2 is 2.04 bits per heavy atom. The molecule has 1 aromatic carbocycles. The number of aromatic nitrogens is 1. The first-order valence-corrected chi connectivity index (χ1v) is 8.62. The number of rotatable bonds is 4. The molecular formula is C17H18N2O4S. The summed E-state index contributed by atoms with van der Waals surface area (Å²) in [6.45, 7) is 0.463. The SMILES string of the molecule is COc1ccc(-c2nc(C(=O)N3CCCCC3C(=O)O)cs2)cc1. The number of amides is 1. The predicted octanol–water partition coefficient (Wildman–Crippen LogP) is 2.90. The molecule has 1 atom stereocenters. The van der Waals surface area contributed by atoms with Crippen LogP contribution < -0.4 is 4.74 Å². The Kier molecular flexibility index (Phi) is 4.80. The van der Waals surface area contributed by atoms with Gasteiger partial charge in [-0.3, -0.25) is 4.79 Å². The fourth-order valence-corrected chi connectivity index (χ4v) is 3.62. The summed E-state index contributed by atoms with van der Waals surface area (Å²) >= 11 is 1.37. The highest BCUT2D eigenvalue weighted by atomic mass is 32.1. The second-order valence-corrected chi connectivity index (χ2v) is 6.47. The topological polar surface area (TPSA) is 79.7 Å². The molecule has 0 radical (unpaired) electrons. The van der Waals surface area contributed by atoms with Crippen LogP contribution in [0.1, 0.15) is 29.8 Å². The highest BCUT2D eigenvalue weighted by Crippen LogP contribution is 2.27. The lowest BCUT2D eigenvalue weighted by atomic mass is 10.0. The number of piperidine rings is 1. The first-order chi connectivity index (χ1) is 11.6. The molecule has 126 valence electrons. The molecule has 0 bridgehead atoms. The van der Waals surface area contributed by atoms with Crippen molar-refractivity contribution in [3.63, 3.8) is 0 Å². The Morgan fingerprint density at radius 3 is 2.71 bits per heavy atom. The molecule has 24 heavy (non-hydrogen) atoms. The van der Waals surface area contributed by atoms with Gasteiger partial charge in [-0.1, -0.05) is 0 Å². The van der Waals surface area contributed by atoms with E-state index in [1.165, 1.54) is 16.2 Å². The molecule has 2 heterocycles. The molecule has 6 nitrogen and oxygen atoms in total. The van der Waals surface area contributed by atoms with Crippen LogP contribution in [0.25, 0.3) is 10.6 Å². The molecule has 1 N–H and O–H groups in total. The second-order valence-electron chi connectivity index (χ2n) is 5.61. The highest BCUT2D eigenvalue weighted by molar-refractivity contribution is 7.13. The predicted molar refractivity (Wildman–Crippen MR) is 90.4 cm³/mol. The van der Waals surface area contributed by atoms with Crippen LogP contribution in [0.2, 0.25) is 0 Å². The summed E-state index contributed by atoms with van der Waals surface area (Å²) < 4.78 is 5.13. The minimum absolute atomic E-state index is 0.305. The molecule has 0 saturated carbocycles. The average molecular weight is 346 g/mol. The Balaban J connectivity index is 1.81. The molecule has 1 amide bonds. The fourth-order valence-electron chi connectivity index (χ4n) is 2.82. The number of nitrogens with zero attached hydrogens (tertiary/aromatic N) is 2. The van der Waals surface area contributed by atoms with Gasteiger partial charge >= 0.3 is 5.97 Å². The number of carbonyl (C=O) groups is 2. The van der Waals surface area contributed by atoms with E-state index in [1.54, 1.807) is 12.5 Å². The van der Waals surface area contributed by atoms with Gasteiger partial charge in [0.1, 0.15) is 22.5 Å². The molecule has 0 aliphatic carbocycles. The van der Waals surface area contributed by atoms with E-state index >= 15 is 0 Å². The van der Waals surface area contributed by atoms with Gasteiger partial charge in [-0.15, -0.1) is 11.3 Å². The molecule has 7 heteroatoms. The third kappa shape index (κ3) is 3.26. The summed E-state index contributed by atoms with van der Waals surface area (Å²) in [5.41, 5.74) is 1.20. The zero-order chi connectivity index (χ0) is 17.1. The van der Waals surface area contributed by atoms with Gasteiger partial charge in [0, 0.05) is 17.5 Å². The lowest BCUT2D eigenvalue weighted by Crippen LogP contribution is -2.48. The van der Waals surface area contributed by atoms with Crippen LogP contribution in [0.15, 0.2) is 29.6 Å². The summed E-state index contributed by atoms with van der Waals surface area (Å²) in [6.07, 6.45) is 2.15. The van der Waals surface area contributed by atoms with Crippen molar-refractivity contribution in [1.29, 1.82) is 0 Å². The summed E-state index contributed by atoms with van der Waals surface area (Å²) in [5, 5.41) is 11.7. The molecule has 1 fully saturated rings. The number of methoxy groups -OCH3 is 1. The third-order valence-corrected chi connectivity index (χ3v) is 5.00. The maximum absolute atomic E-state index is 12.6. The Bertz CT molecular complexity index is 741. The van der Waals surface area contributed by atoms with Crippen LogP contribution in [-0.4, -0.2) is 46.6 Å². The fraction of sp³-hybridized carbons (Fsp3) is 0.353. The zero-order valence-electron chi connectivity index (χ0n) is 13.3. The number of ether oxygens (including phenoxy) is 1. The average Bonchev–Trinajstić information content (AvgIpc) is 3.11. The maximum atomic E-state index is 12.6. The molecule has 1 aromatic heterocycles. The van der Waals surface area contributed by atoms with Crippen LogP contribution >= 0.6 is 11.3 Å². The van der Waals surface area contributed by atoms with Crippen LogP contribution in [0.4, 0.5) is 0 Å². The van der Waals surface area contributed by atoms with Crippen molar-refractivity contribution in [2.45, 2.75) is 25.3 Å². The van der Waals surface area contributed by atoms with Crippen LogP contribution in [0.5, 0.6) is 5.75 Å². The smallest absolute Gasteiger partial charge is 0.326 e.